The number of benzene rings is 2. The summed E-state index contributed by atoms with van der Waals surface area (Å²) in [6, 6.07) is 14.8. The molecule has 0 aliphatic carbocycles. The minimum Gasteiger partial charge on any atom is -0.335 e. The molecule has 1 aliphatic rings. The molecular weight excluding hydrogens is 512 g/mol. The summed E-state index contributed by atoms with van der Waals surface area (Å²) in [5, 5.41) is 11.9. The number of piperazine rings is 1. The predicted molar refractivity (Wildman–Crippen MR) is 140 cm³/mol. The van der Waals surface area contributed by atoms with Crippen molar-refractivity contribution in [1.29, 1.82) is 5.26 Å². The summed E-state index contributed by atoms with van der Waals surface area (Å²) in [4.78, 5) is 33.3. The summed E-state index contributed by atoms with van der Waals surface area (Å²) >= 11 is 1.18. The number of hydrogen-bond donors (Lipinski definition) is 1. The molecule has 1 fully saturated rings. The normalized spacial score (nSPS) is 15.0. The minimum atomic E-state index is -3.79. The van der Waals surface area contributed by atoms with Crippen molar-refractivity contribution in [3.63, 3.8) is 0 Å². The van der Waals surface area contributed by atoms with Gasteiger partial charge in [0.05, 0.1) is 16.5 Å². The second kappa shape index (κ2) is 9.68. The molecule has 0 saturated carbocycles. The molecule has 188 valence electrons. The Morgan fingerprint density at radius 3 is 2.62 bits per heavy atom. The highest BCUT2D eigenvalue weighted by Gasteiger charge is 2.31. The summed E-state index contributed by atoms with van der Waals surface area (Å²) in [5.41, 5.74) is 1.94. The third-order valence-electron chi connectivity index (χ3n) is 6.27. The van der Waals surface area contributed by atoms with Crippen molar-refractivity contribution in [3.8, 4) is 6.07 Å². The summed E-state index contributed by atoms with van der Waals surface area (Å²) in [7, 11) is -3.79. The number of hydrogen-bond acceptors (Lipinski definition) is 7. The number of fused-ring (bicyclic) bond motifs is 1. The average molecular weight is 535 g/mol. The molecule has 1 unspecified atom stereocenters. The fourth-order valence-electron chi connectivity index (χ4n) is 4.34. The van der Waals surface area contributed by atoms with E-state index in [4.69, 9.17) is 5.26 Å². The SMILES string of the molecule is CC(C(=O)N1CCN(c2ccc(S(=O)(=O)Nc3nccs3)cc2)C(=O)C1)n1ccc2cc(C#N)ccc21. The lowest BCUT2D eigenvalue weighted by Gasteiger charge is -2.35. The largest absolute Gasteiger partial charge is 0.335 e. The second-order valence-corrected chi connectivity index (χ2v) is 11.1. The molecule has 4 aromatic rings. The second-order valence-electron chi connectivity index (χ2n) is 8.53. The number of carbonyl (C=O) groups is 2. The van der Waals surface area contributed by atoms with Gasteiger partial charge < -0.3 is 14.4 Å². The number of nitriles is 1. The zero-order valence-electron chi connectivity index (χ0n) is 19.7. The molecule has 5 rings (SSSR count). The van der Waals surface area contributed by atoms with E-state index in [1.807, 2.05) is 22.9 Å². The summed E-state index contributed by atoms with van der Waals surface area (Å²) in [5.74, 6) is -0.427. The summed E-state index contributed by atoms with van der Waals surface area (Å²) < 4.78 is 29.4. The van der Waals surface area contributed by atoms with E-state index in [1.165, 1.54) is 34.6 Å². The van der Waals surface area contributed by atoms with Crippen molar-refractivity contribution in [2.45, 2.75) is 17.9 Å². The van der Waals surface area contributed by atoms with Crippen LogP contribution in [-0.4, -0.2) is 54.3 Å². The molecule has 10 nitrogen and oxygen atoms in total. The van der Waals surface area contributed by atoms with Gasteiger partial charge in [-0.05, 0) is 55.5 Å². The number of amides is 2. The minimum absolute atomic E-state index is 0.0578. The maximum Gasteiger partial charge on any atom is 0.263 e. The molecule has 0 spiro atoms. The quantitative estimate of drug-likeness (QED) is 0.405. The number of nitrogens with one attached hydrogen (secondary N) is 1. The highest BCUT2D eigenvalue weighted by atomic mass is 32.2. The maximum absolute atomic E-state index is 13.2. The van der Waals surface area contributed by atoms with E-state index in [9.17, 15) is 18.0 Å². The summed E-state index contributed by atoms with van der Waals surface area (Å²) in [6.07, 6.45) is 3.32. The monoisotopic (exact) mass is 534 g/mol. The zero-order chi connectivity index (χ0) is 26.2. The molecule has 2 aromatic carbocycles. The first-order valence-electron chi connectivity index (χ1n) is 11.4. The van der Waals surface area contributed by atoms with Gasteiger partial charge in [0.25, 0.3) is 10.0 Å². The molecule has 0 radical (unpaired) electrons. The lowest BCUT2D eigenvalue weighted by Crippen LogP contribution is -2.53. The number of nitrogens with zero attached hydrogens (tertiary/aromatic N) is 5. The molecule has 37 heavy (non-hydrogen) atoms. The lowest BCUT2D eigenvalue weighted by atomic mass is 10.1. The van der Waals surface area contributed by atoms with Crippen LogP contribution >= 0.6 is 11.3 Å². The Morgan fingerprint density at radius 2 is 1.95 bits per heavy atom. The Morgan fingerprint density at radius 1 is 1.16 bits per heavy atom. The van der Waals surface area contributed by atoms with Gasteiger partial charge in [0.2, 0.25) is 11.8 Å². The van der Waals surface area contributed by atoms with E-state index in [0.717, 1.165) is 10.9 Å². The van der Waals surface area contributed by atoms with Crippen LogP contribution in [0, 0.1) is 11.3 Å². The smallest absolute Gasteiger partial charge is 0.263 e. The van der Waals surface area contributed by atoms with Crippen molar-refractivity contribution in [2.24, 2.45) is 0 Å². The molecule has 1 aliphatic heterocycles. The van der Waals surface area contributed by atoms with Gasteiger partial charge in [0.15, 0.2) is 5.13 Å². The third kappa shape index (κ3) is 4.78. The number of carbonyl (C=O) groups excluding carboxylic acids is 2. The van der Waals surface area contributed by atoms with E-state index in [0.29, 0.717) is 24.3 Å². The van der Waals surface area contributed by atoms with Gasteiger partial charge in [-0.25, -0.2) is 13.4 Å². The van der Waals surface area contributed by atoms with Crippen molar-refractivity contribution < 1.29 is 18.0 Å². The Bertz CT molecular complexity index is 1620. The molecule has 2 aromatic heterocycles. The van der Waals surface area contributed by atoms with Crippen molar-refractivity contribution in [2.75, 3.05) is 29.3 Å². The molecular formula is C25H22N6O4S2. The topological polar surface area (TPSA) is 128 Å². The standard InChI is InChI=1S/C25H22N6O4S2/c1-17(30-10-8-19-14-18(15-26)2-7-22(19)30)24(33)29-11-12-31(23(32)16-29)20-3-5-21(6-4-20)37(34,35)28-25-27-9-13-36-25/h2-10,13-14,17H,11-12,16H2,1H3,(H,27,28). The van der Waals surface area contributed by atoms with E-state index >= 15 is 0 Å². The van der Waals surface area contributed by atoms with Crippen LogP contribution in [0.15, 0.2) is 71.2 Å². The van der Waals surface area contributed by atoms with Gasteiger partial charge in [-0.3, -0.25) is 14.3 Å². The Kier molecular flexibility index (Phi) is 6.41. The van der Waals surface area contributed by atoms with Crippen LogP contribution in [0.25, 0.3) is 10.9 Å². The molecule has 2 amide bonds. The summed E-state index contributed by atoms with van der Waals surface area (Å²) in [6.45, 7) is 2.35. The van der Waals surface area contributed by atoms with E-state index in [2.05, 4.69) is 15.8 Å². The van der Waals surface area contributed by atoms with E-state index in [-0.39, 0.29) is 28.4 Å². The average Bonchev–Trinajstić information content (AvgIpc) is 3.57. The van der Waals surface area contributed by atoms with Gasteiger partial charge in [-0.1, -0.05) is 0 Å². The number of anilines is 2. The maximum atomic E-state index is 13.2. The van der Waals surface area contributed by atoms with Crippen LogP contribution < -0.4 is 9.62 Å². The molecule has 0 bridgehead atoms. The lowest BCUT2D eigenvalue weighted by molar-refractivity contribution is -0.139. The molecule has 12 heteroatoms. The molecule has 3 heterocycles. The first kappa shape index (κ1) is 24.5. The predicted octanol–water partition coefficient (Wildman–Crippen LogP) is 3.21. The Balaban J connectivity index is 1.26. The van der Waals surface area contributed by atoms with Gasteiger partial charge in [-0.15, -0.1) is 11.3 Å². The van der Waals surface area contributed by atoms with Gasteiger partial charge in [0, 0.05) is 47.5 Å². The third-order valence-corrected chi connectivity index (χ3v) is 8.44. The van der Waals surface area contributed by atoms with Gasteiger partial charge in [0.1, 0.15) is 12.6 Å². The number of aromatic nitrogens is 2. The number of thiazole rings is 1. The van der Waals surface area contributed by atoms with Crippen molar-refractivity contribution in [3.05, 3.63) is 71.9 Å². The number of rotatable bonds is 6. The van der Waals surface area contributed by atoms with Crippen LogP contribution in [-0.2, 0) is 19.6 Å². The zero-order valence-corrected chi connectivity index (χ0v) is 21.4. The van der Waals surface area contributed by atoms with Crippen LogP contribution in [0.4, 0.5) is 10.8 Å². The van der Waals surface area contributed by atoms with Crippen LogP contribution in [0.3, 0.4) is 0 Å². The molecule has 1 N–H and O–H groups in total. The first-order valence-corrected chi connectivity index (χ1v) is 13.8. The van der Waals surface area contributed by atoms with Gasteiger partial charge in [-0.2, -0.15) is 5.26 Å². The van der Waals surface area contributed by atoms with E-state index in [1.54, 1.807) is 41.5 Å². The van der Waals surface area contributed by atoms with Crippen LogP contribution in [0.1, 0.15) is 18.5 Å². The molecule has 1 atom stereocenters. The fourth-order valence-corrected chi connectivity index (χ4v) is 6.13. The first-order chi connectivity index (χ1) is 17.8. The number of sulfonamides is 1. The molecule has 1 saturated heterocycles. The Labute approximate surface area is 217 Å². The van der Waals surface area contributed by atoms with E-state index < -0.39 is 16.1 Å². The van der Waals surface area contributed by atoms with Gasteiger partial charge >= 0.3 is 0 Å². The van der Waals surface area contributed by atoms with Crippen molar-refractivity contribution in [1.82, 2.24) is 14.5 Å². The highest BCUT2D eigenvalue weighted by Crippen LogP contribution is 2.25. The van der Waals surface area contributed by atoms with Crippen molar-refractivity contribution >= 4 is 54.9 Å². The van der Waals surface area contributed by atoms with Crippen LogP contribution in [0.5, 0.6) is 0 Å². The van der Waals surface area contributed by atoms with Crippen LogP contribution in [0.2, 0.25) is 0 Å². The fraction of sp³-hybridized carbons (Fsp3) is 0.200. The highest BCUT2D eigenvalue weighted by molar-refractivity contribution is 7.93. The Hall–Kier alpha value is -4.21.